The van der Waals surface area contributed by atoms with E-state index in [0.29, 0.717) is 13.1 Å². The van der Waals surface area contributed by atoms with E-state index in [2.05, 4.69) is 4.90 Å². The zero-order chi connectivity index (χ0) is 19.6. The average Bonchev–Trinajstić information content (AvgIpc) is 2.52. The number of carboxylic acid groups (broad SMARTS) is 2. The van der Waals surface area contributed by atoms with Crippen LogP contribution in [-0.2, 0) is 19.7 Å². The molecule has 0 aromatic heterocycles. The van der Waals surface area contributed by atoms with Crippen LogP contribution in [0.1, 0.15) is 0 Å². The Morgan fingerprint density at radius 3 is 1.52 bits per heavy atom. The summed E-state index contributed by atoms with van der Waals surface area (Å²) in [5.41, 5.74) is 0. The molecule has 1 heterocycles. The summed E-state index contributed by atoms with van der Waals surface area (Å²) < 4.78 is 29.6. The maximum absolute atomic E-state index is 10.5. The third-order valence-electron chi connectivity index (χ3n) is 3.35. The summed E-state index contributed by atoms with van der Waals surface area (Å²) in [6, 6.07) is 0. The van der Waals surface area contributed by atoms with Crippen molar-refractivity contribution < 1.29 is 48.1 Å². The first-order chi connectivity index (χ1) is 11.5. The summed E-state index contributed by atoms with van der Waals surface area (Å²) in [6.45, 7) is 4.46. The lowest BCUT2D eigenvalue weighted by molar-refractivity contribution is -0.165. The molecule has 12 nitrogen and oxygen atoms in total. The maximum Gasteiger partial charge on any atom is 0.335 e. The van der Waals surface area contributed by atoms with Gasteiger partial charge in [-0.2, -0.15) is 8.42 Å². The summed E-state index contributed by atoms with van der Waals surface area (Å²) in [5, 5.41) is 41.3. The molecule has 2 atom stereocenters. The molecular formula is C12H24N2O10S. The van der Waals surface area contributed by atoms with Gasteiger partial charge in [0.15, 0.2) is 12.2 Å². The fourth-order valence-electron chi connectivity index (χ4n) is 1.89. The lowest BCUT2D eigenvalue weighted by atomic mass is 10.2. The van der Waals surface area contributed by atoms with Crippen molar-refractivity contribution in [2.45, 2.75) is 12.2 Å². The normalized spacial score (nSPS) is 18.7. The number of rotatable bonds is 8. The van der Waals surface area contributed by atoms with Crippen LogP contribution >= 0.6 is 0 Å². The van der Waals surface area contributed by atoms with E-state index >= 15 is 0 Å². The number of aliphatic carboxylic acids is 2. The zero-order valence-electron chi connectivity index (χ0n) is 13.4. The third kappa shape index (κ3) is 11.0. The minimum Gasteiger partial charge on any atom is -0.479 e. The summed E-state index contributed by atoms with van der Waals surface area (Å²) in [7, 11) is -3.84. The van der Waals surface area contributed by atoms with Gasteiger partial charge in [0, 0.05) is 39.3 Å². The van der Waals surface area contributed by atoms with Crippen LogP contribution in [0.4, 0.5) is 0 Å². The van der Waals surface area contributed by atoms with E-state index in [1.54, 1.807) is 0 Å². The van der Waals surface area contributed by atoms with E-state index < -0.39 is 34.3 Å². The monoisotopic (exact) mass is 388 g/mol. The lowest BCUT2D eigenvalue weighted by Crippen LogP contribution is -2.48. The molecule has 0 aromatic carbocycles. The molecular weight excluding hydrogens is 364 g/mol. The van der Waals surface area contributed by atoms with Crippen molar-refractivity contribution in [2.24, 2.45) is 0 Å². The predicted molar refractivity (Wildman–Crippen MR) is 83.7 cm³/mol. The predicted octanol–water partition coefficient (Wildman–Crippen LogP) is -3.64. The van der Waals surface area contributed by atoms with Crippen molar-refractivity contribution in [2.75, 3.05) is 51.6 Å². The van der Waals surface area contributed by atoms with Crippen LogP contribution in [-0.4, -0.2) is 124 Å². The molecule has 1 aliphatic rings. The average molecular weight is 388 g/mol. The van der Waals surface area contributed by atoms with Gasteiger partial charge in [-0.05, 0) is 0 Å². The molecule has 1 fully saturated rings. The minimum atomic E-state index is -3.84. The highest BCUT2D eigenvalue weighted by atomic mass is 32.2. The quantitative estimate of drug-likeness (QED) is 0.223. The van der Waals surface area contributed by atoms with Gasteiger partial charge in [-0.1, -0.05) is 0 Å². The molecule has 1 aliphatic heterocycles. The highest BCUT2D eigenvalue weighted by molar-refractivity contribution is 7.85. The molecule has 0 radical (unpaired) electrons. The van der Waals surface area contributed by atoms with E-state index in [1.165, 1.54) is 0 Å². The number of aliphatic hydroxyl groups is 3. The SMILES string of the molecule is O=C(O)C(O)C(O)C(=O)O.O=S(=O)(O)CCN1CCN(CCO)CC1. The fourth-order valence-corrected chi connectivity index (χ4v) is 2.38. The number of aliphatic hydroxyl groups excluding tert-OH is 3. The van der Waals surface area contributed by atoms with E-state index in [-0.39, 0.29) is 12.4 Å². The molecule has 25 heavy (non-hydrogen) atoms. The van der Waals surface area contributed by atoms with Crippen molar-refractivity contribution in [3.63, 3.8) is 0 Å². The van der Waals surface area contributed by atoms with Gasteiger partial charge in [0.1, 0.15) is 0 Å². The van der Waals surface area contributed by atoms with Crippen LogP contribution in [0.15, 0.2) is 0 Å². The third-order valence-corrected chi connectivity index (χ3v) is 4.05. The van der Waals surface area contributed by atoms with E-state index in [0.717, 1.165) is 26.2 Å². The molecule has 0 aliphatic carbocycles. The Bertz CT molecular complexity index is 500. The van der Waals surface area contributed by atoms with Crippen LogP contribution < -0.4 is 0 Å². The summed E-state index contributed by atoms with van der Waals surface area (Å²) >= 11 is 0. The zero-order valence-corrected chi connectivity index (χ0v) is 14.2. The van der Waals surface area contributed by atoms with Crippen molar-refractivity contribution in [1.29, 1.82) is 0 Å². The topological polar surface area (TPSA) is 196 Å². The number of hydrogen-bond acceptors (Lipinski definition) is 9. The molecule has 0 aromatic rings. The van der Waals surface area contributed by atoms with Crippen molar-refractivity contribution in [1.82, 2.24) is 9.80 Å². The Hall–Kier alpha value is -1.35. The number of hydrogen-bond donors (Lipinski definition) is 6. The van der Waals surface area contributed by atoms with Crippen LogP contribution in [0.5, 0.6) is 0 Å². The number of carbonyl (C=O) groups is 2. The van der Waals surface area contributed by atoms with Crippen molar-refractivity contribution in [3.8, 4) is 0 Å². The van der Waals surface area contributed by atoms with Crippen molar-refractivity contribution >= 4 is 22.1 Å². The molecule has 6 N–H and O–H groups in total. The number of β-amino-alcohol motifs (C(OH)–C–C–N with tert-alkyl or cyclic N) is 1. The second-order valence-electron chi connectivity index (χ2n) is 5.26. The molecule has 2 unspecified atom stereocenters. The first-order valence-corrected chi connectivity index (χ1v) is 8.91. The largest absolute Gasteiger partial charge is 0.479 e. The Morgan fingerprint density at radius 1 is 0.880 bits per heavy atom. The van der Waals surface area contributed by atoms with E-state index in [9.17, 15) is 18.0 Å². The lowest BCUT2D eigenvalue weighted by Gasteiger charge is -2.33. The Morgan fingerprint density at radius 2 is 1.24 bits per heavy atom. The van der Waals surface area contributed by atoms with E-state index in [1.807, 2.05) is 4.90 Å². The highest BCUT2D eigenvalue weighted by Gasteiger charge is 2.29. The standard InChI is InChI=1S/C8H18N2O4S.C4H6O6/c11-7-5-9-1-3-10(4-2-9)6-8-15(12,13)14;5-1(3(7)8)2(6)4(9)10/h11H,1-8H2,(H,12,13,14);1-2,5-6H,(H,7,8)(H,9,10). The van der Waals surface area contributed by atoms with Crippen LogP contribution in [0.2, 0.25) is 0 Å². The fraction of sp³-hybridized carbons (Fsp3) is 0.833. The molecule has 0 bridgehead atoms. The van der Waals surface area contributed by atoms with Gasteiger partial charge in [0.25, 0.3) is 10.1 Å². The molecule has 1 rings (SSSR count). The van der Waals surface area contributed by atoms with Gasteiger partial charge >= 0.3 is 11.9 Å². The Labute approximate surface area is 144 Å². The minimum absolute atomic E-state index is 0.158. The summed E-state index contributed by atoms with van der Waals surface area (Å²) in [4.78, 5) is 23.7. The van der Waals surface area contributed by atoms with Crippen LogP contribution in [0.3, 0.4) is 0 Å². The first kappa shape index (κ1) is 23.6. The van der Waals surface area contributed by atoms with Gasteiger partial charge in [0.2, 0.25) is 0 Å². The van der Waals surface area contributed by atoms with Gasteiger partial charge in [-0.25, -0.2) is 9.59 Å². The molecule has 0 saturated carbocycles. The second kappa shape index (κ2) is 11.3. The number of nitrogens with zero attached hydrogens (tertiary/aromatic N) is 2. The van der Waals surface area contributed by atoms with Gasteiger partial charge in [-0.15, -0.1) is 0 Å². The number of carboxylic acids is 2. The van der Waals surface area contributed by atoms with E-state index in [4.69, 9.17) is 30.1 Å². The molecule has 13 heteroatoms. The van der Waals surface area contributed by atoms with Gasteiger partial charge < -0.3 is 25.5 Å². The van der Waals surface area contributed by atoms with Gasteiger partial charge in [0.05, 0.1) is 12.4 Å². The molecule has 0 amide bonds. The second-order valence-corrected chi connectivity index (χ2v) is 6.83. The Balaban J connectivity index is 0.000000504. The van der Waals surface area contributed by atoms with Gasteiger partial charge in [-0.3, -0.25) is 14.4 Å². The molecule has 0 spiro atoms. The maximum atomic E-state index is 10.5. The molecule has 148 valence electrons. The van der Waals surface area contributed by atoms with Crippen LogP contribution in [0, 0.1) is 0 Å². The van der Waals surface area contributed by atoms with Crippen molar-refractivity contribution in [3.05, 3.63) is 0 Å². The summed E-state index contributed by atoms with van der Waals surface area (Å²) in [5.74, 6) is -3.74. The number of piperazine rings is 1. The first-order valence-electron chi connectivity index (χ1n) is 7.30. The smallest absolute Gasteiger partial charge is 0.335 e. The summed E-state index contributed by atoms with van der Waals surface area (Å²) in [6.07, 6.45) is -4.53. The van der Waals surface area contributed by atoms with Crippen LogP contribution in [0.25, 0.3) is 0 Å². The Kier molecular flexibility index (Phi) is 10.7. The molecule has 1 saturated heterocycles. The highest BCUT2D eigenvalue weighted by Crippen LogP contribution is 2.01.